The summed E-state index contributed by atoms with van der Waals surface area (Å²) in [6, 6.07) is 0.898. The van der Waals surface area contributed by atoms with Gasteiger partial charge in [0.15, 0.2) is 0 Å². The number of carbonyl (C=O) groups is 1. The van der Waals surface area contributed by atoms with Crippen molar-refractivity contribution in [2.75, 3.05) is 6.61 Å². The lowest BCUT2D eigenvalue weighted by Crippen LogP contribution is -2.52. The number of amides is 1. The van der Waals surface area contributed by atoms with Crippen LogP contribution >= 0.6 is 0 Å². The molecule has 116 valence electrons. The fourth-order valence-corrected chi connectivity index (χ4v) is 3.02. The van der Waals surface area contributed by atoms with E-state index in [1.807, 2.05) is 20.8 Å². The minimum Gasteiger partial charge on any atom is -0.444 e. The maximum absolute atomic E-state index is 11.9. The number of carbonyl (C=O) groups excluding carboxylic acids is 1. The molecule has 2 fully saturated rings. The summed E-state index contributed by atoms with van der Waals surface area (Å²) in [7, 11) is 0. The molecule has 0 aromatic rings. The van der Waals surface area contributed by atoms with Crippen LogP contribution in [0.5, 0.6) is 0 Å². The summed E-state index contributed by atoms with van der Waals surface area (Å²) < 4.78 is 10.9. The maximum Gasteiger partial charge on any atom is 0.407 e. The number of nitrogens with one attached hydrogen (secondary N) is 2. The Labute approximate surface area is 121 Å². The van der Waals surface area contributed by atoms with Gasteiger partial charge >= 0.3 is 6.09 Å². The number of ether oxygens (including phenoxy) is 2. The third-order valence-electron chi connectivity index (χ3n) is 4.02. The molecule has 1 heterocycles. The van der Waals surface area contributed by atoms with Crippen LogP contribution in [0, 0.1) is 0 Å². The van der Waals surface area contributed by atoms with Crippen molar-refractivity contribution >= 4 is 6.09 Å². The first-order valence-corrected chi connectivity index (χ1v) is 7.72. The molecule has 2 rings (SSSR count). The first kappa shape index (κ1) is 15.6. The van der Waals surface area contributed by atoms with Gasteiger partial charge in [0.05, 0.1) is 6.10 Å². The van der Waals surface area contributed by atoms with E-state index in [4.69, 9.17) is 9.47 Å². The van der Waals surface area contributed by atoms with E-state index in [1.54, 1.807) is 0 Å². The third-order valence-corrected chi connectivity index (χ3v) is 4.02. The Bertz CT molecular complexity index is 341. The summed E-state index contributed by atoms with van der Waals surface area (Å²) in [6.07, 6.45) is 4.25. The van der Waals surface area contributed by atoms with Crippen molar-refractivity contribution in [2.24, 2.45) is 0 Å². The molecule has 2 aliphatic rings. The molecule has 5 nitrogen and oxygen atoms in total. The average Bonchev–Trinajstić information content (AvgIpc) is 2.88. The van der Waals surface area contributed by atoms with Gasteiger partial charge < -0.3 is 20.1 Å². The van der Waals surface area contributed by atoms with Crippen molar-refractivity contribution in [1.82, 2.24) is 10.6 Å². The van der Waals surface area contributed by atoms with Crippen molar-refractivity contribution in [3.05, 3.63) is 0 Å². The molecule has 0 bridgehead atoms. The topological polar surface area (TPSA) is 59.6 Å². The second-order valence-electron chi connectivity index (χ2n) is 6.93. The molecule has 4 unspecified atom stereocenters. The Kier molecular flexibility index (Phi) is 4.91. The van der Waals surface area contributed by atoms with Crippen LogP contribution in [0.3, 0.4) is 0 Å². The number of hydrogen-bond donors (Lipinski definition) is 2. The van der Waals surface area contributed by atoms with Crippen LogP contribution in [0.25, 0.3) is 0 Å². The molecule has 5 heteroatoms. The maximum atomic E-state index is 11.9. The molecule has 1 aliphatic heterocycles. The molecular weight excluding hydrogens is 256 g/mol. The fourth-order valence-electron chi connectivity index (χ4n) is 3.02. The van der Waals surface area contributed by atoms with E-state index in [0.29, 0.717) is 12.1 Å². The van der Waals surface area contributed by atoms with Crippen molar-refractivity contribution < 1.29 is 14.3 Å². The number of alkyl carbamates (subject to hydrolysis) is 1. The standard InChI is InChI=1S/C15H28N2O3/c1-10-11(8-9-19-10)16-12-6-5-7-13(12)17-14(18)20-15(2,3)4/h10-13,16H,5-9H2,1-4H3,(H,17,18). The molecule has 0 aromatic carbocycles. The molecule has 0 radical (unpaired) electrons. The minimum atomic E-state index is -0.445. The molecule has 1 aliphatic carbocycles. The van der Waals surface area contributed by atoms with Crippen LogP contribution < -0.4 is 10.6 Å². The van der Waals surface area contributed by atoms with Crippen molar-refractivity contribution in [3.63, 3.8) is 0 Å². The van der Waals surface area contributed by atoms with Gasteiger partial charge in [-0.1, -0.05) is 0 Å². The molecule has 2 N–H and O–H groups in total. The van der Waals surface area contributed by atoms with Gasteiger partial charge in [0, 0.05) is 24.7 Å². The molecule has 1 saturated carbocycles. The van der Waals surface area contributed by atoms with Gasteiger partial charge in [0.2, 0.25) is 0 Å². The summed E-state index contributed by atoms with van der Waals surface area (Å²) in [5, 5.41) is 6.66. The van der Waals surface area contributed by atoms with Crippen LogP contribution in [-0.4, -0.2) is 42.5 Å². The highest BCUT2D eigenvalue weighted by molar-refractivity contribution is 5.68. The highest BCUT2D eigenvalue weighted by Crippen LogP contribution is 2.23. The zero-order chi connectivity index (χ0) is 14.8. The van der Waals surface area contributed by atoms with Gasteiger partial charge in [-0.15, -0.1) is 0 Å². The lowest BCUT2D eigenvalue weighted by atomic mass is 10.1. The minimum absolute atomic E-state index is 0.164. The summed E-state index contributed by atoms with van der Waals surface area (Å²) >= 11 is 0. The lowest BCUT2D eigenvalue weighted by Gasteiger charge is -2.28. The van der Waals surface area contributed by atoms with Crippen molar-refractivity contribution in [2.45, 2.75) is 83.2 Å². The van der Waals surface area contributed by atoms with Gasteiger partial charge in [-0.25, -0.2) is 4.79 Å². The van der Waals surface area contributed by atoms with E-state index in [1.165, 1.54) is 0 Å². The molecule has 20 heavy (non-hydrogen) atoms. The highest BCUT2D eigenvalue weighted by Gasteiger charge is 2.34. The Morgan fingerprint density at radius 3 is 2.45 bits per heavy atom. The van der Waals surface area contributed by atoms with E-state index in [2.05, 4.69) is 17.6 Å². The smallest absolute Gasteiger partial charge is 0.407 e. The molecule has 0 spiro atoms. The van der Waals surface area contributed by atoms with Gasteiger partial charge in [-0.2, -0.15) is 0 Å². The van der Waals surface area contributed by atoms with Crippen LogP contribution in [0.4, 0.5) is 4.79 Å². The van der Waals surface area contributed by atoms with E-state index in [9.17, 15) is 4.79 Å². The Hall–Kier alpha value is -0.810. The third kappa shape index (κ3) is 4.35. The monoisotopic (exact) mass is 284 g/mol. The van der Waals surface area contributed by atoms with E-state index in [-0.39, 0.29) is 18.2 Å². The van der Waals surface area contributed by atoms with Crippen LogP contribution in [0.2, 0.25) is 0 Å². The SMILES string of the molecule is CC1OCCC1NC1CCCC1NC(=O)OC(C)(C)C. The number of rotatable bonds is 3. The number of hydrogen-bond acceptors (Lipinski definition) is 4. The van der Waals surface area contributed by atoms with Crippen LogP contribution in [-0.2, 0) is 9.47 Å². The van der Waals surface area contributed by atoms with Crippen LogP contribution in [0.1, 0.15) is 53.4 Å². The van der Waals surface area contributed by atoms with Crippen LogP contribution in [0.15, 0.2) is 0 Å². The Morgan fingerprint density at radius 1 is 1.15 bits per heavy atom. The zero-order valence-electron chi connectivity index (χ0n) is 13.1. The molecule has 0 aromatic heterocycles. The van der Waals surface area contributed by atoms with Gasteiger partial charge in [-0.05, 0) is 53.4 Å². The Balaban J connectivity index is 1.83. The summed E-state index contributed by atoms with van der Waals surface area (Å²) in [4.78, 5) is 11.9. The zero-order valence-corrected chi connectivity index (χ0v) is 13.1. The lowest BCUT2D eigenvalue weighted by molar-refractivity contribution is 0.0495. The summed E-state index contributed by atoms with van der Waals surface area (Å²) in [5.74, 6) is 0. The van der Waals surface area contributed by atoms with Crippen molar-refractivity contribution in [3.8, 4) is 0 Å². The summed E-state index contributed by atoms with van der Waals surface area (Å²) in [6.45, 7) is 8.59. The van der Waals surface area contributed by atoms with Crippen molar-refractivity contribution in [1.29, 1.82) is 0 Å². The predicted molar refractivity (Wildman–Crippen MR) is 77.8 cm³/mol. The van der Waals surface area contributed by atoms with Gasteiger partial charge in [0.1, 0.15) is 5.60 Å². The quantitative estimate of drug-likeness (QED) is 0.834. The molecular formula is C15H28N2O3. The molecule has 1 amide bonds. The molecule has 1 saturated heterocycles. The van der Waals surface area contributed by atoms with E-state index in [0.717, 1.165) is 32.3 Å². The van der Waals surface area contributed by atoms with Gasteiger partial charge in [0.25, 0.3) is 0 Å². The van der Waals surface area contributed by atoms with Gasteiger partial charge in [-0.3, -0.25) is 0 Å². The van der Waals surface area contributed by atoms with E-state index >= 15 is 0 Å². The average molecular weight is 284 g/mol. The second kappa shape index (κ2) is 6.31. The summed E-state index contributed by atoms with van der Waals surface area (Å²) in [5.41, 5.74) is -0.445. The predicted octanol–water partition coefficient (Wildman–Crippen LogP) is 2.20. The van der Waals surface area contributed by atoms with E-state index < -0.39 is 5.60 Å². The highest BCUT2D eigenvalue weighted by atomic mass is 16.6. The first-order valence-electron chi connectivity index (χ1n) is 7.72. The Morgan fingerprint density at radius 2 is 1.85 bits per heavy atom. The molecule has 4 atom stereocenters. The largest absolute Gasteiger partial charge is 0.444 e. The second-order valence-corrected chi connectivity index (χ2v) is 6.93. The normalized spacial score (nSPS) is 34.2. The fraction of sp³-hybridized carbons (Fsp3) is 0.933. The first-order chi connectivity index (χ1) is 9.35.